The lowest BCUT2D eigenvalue weighted by molar-refractivity contribution is 1.18. The summed E-state index contributed by atoms with van der Waals surface area (Å²) < 4.78 is 0. The standard InChI is InChI=1S/C59H42N2S/c1-41-28-29-42(47-24-14-26-49(34-47)53-37-55(43-16-6-2-7-17-43)60-56(38-53)44-18-8-3-9-19-44)30-31-52-36-51(32-33-59(52)62-41)48-25-15-27-50(35-48)54-39-57(45-20-10-4-11-21-45)61-58(40-54)46-22-12-5-13-23-46/h2-30,32-40H,1,31H2/b29-28-,42-30+. The Kier molecular flexibility index (Phi) is 10.9. The van der Waals surface area contributed by atoms with E-state index in [0.29, 0.717) is 0 Å². The Morgan fingerprint density at radius 2 is 0.726 bits per heavy atom. The van der Waals surface area contributed by atoms with E-state index >= 15 is 0 Å². The number of aromatic nitrogens is 2. The summed E-state index contributed by atoms with van der Waals surface area (Å²) in [6.07, 6.45) is 7.50. The molecule has 0 spiro atoms. The lowest BCUT2D eigenvalue weighted by Crippen LogP contribution is -1.92. The van der Waals surface area contributed by atoms with Gasteiger partial charge < -0.3 is 0 Å². The van der Waals surface area contributed by atoms with Crippen molar-refractivity contribution in [2.45, 2.75) is 11.3 Å². The molecule has 0 amide bonds. The highest BCUT2D eigenvalue weighted by atomic mass is 32.2. The molecule has 62 heavy (non-hydrogen) atoms. The Morgan fingerprint density at radius 3 is 1.19 bits per heavy atom. The summed E-state index contributed by atoms with van der Waals surface area (Å²) >= 11 is 1.73. The molecular weight excluding hydrogens is 769 g/mol. The number of hydrogen-bond acceptors (Lipinski definition) is 3. The first-order valence-electron chi connectivity index (χ1n) is 21.0. The molecule has 0 radical (unpaired) electrons. The molecule has 7 aromatic carbocycles. The van der Waals surface area contributed by atoms with E-state index < -0.39 is 0 Å². The van der Waals surface area contributed by atoms with Gasteiger partial charge in [0.25, 0.3) is 0 Å². The van der Waals surface area contributed by atoms with Crippen LogP contribution in [0.4, 0.5) is 0 Å². The Balaban J connectivity index is 0.987. The molecule has 0 fully saturated rings. The predicted molar refractivity (Wildman–Crippen MR) is 262 cm³/mol. The van der Waals surface area contributed by atoms with Gasteiger partial charge in [-0.25, -0.2) is 9.97 Å². The fourth-order valence-corrected chi connectivity index (χ4v) is 8.88. The minimum absolute atomic E-state index is 0.782. The largest absolute Gasteiger partial charge is 0.248 e. The lowest BCUT2D eigenvalue weighted by atomic mass is 9.94. The van der Waals surface area contributed by atoms with Gasteiger partial charge in [-0.3, -0.25) is 0 Å². The van der Waals surface area contributed by atoms with Crippen molar-refractivity contribution < 1.29 is 0 Å². The minimum Gasteiger partial charge on any atom is -0.248 e. The number of allylic oxidation sites excluding steroid dienone is 4. The van der Waals surface area contributed by atoms with Crippen LogP contribution in [0.25, 0.3) is 84.0 Å². The summed E-state index contributed by atoms with van der Waals surface area (Å²) in [6.45, 7) is 4.45. The molecule has 294 valence electrons. The average Bonchev–Trinajstić information content (AvgIpc) is 3.43. The first-order valence-corrected chi connectivity index (χ1v) is 21.8. The maximum absolute atomic E-state index is 5.12. The van der Waals surface area contributed by atoms with Crippen molar-refractivity contribution in [3.8, 4) is 78.4 Å². The summed E-state index contributed by atoms with van der Waals surface area (Å²) in [4.78, 5) is 12.5. The first kappa shape index (κ1) is 38.6. The fourth-order valence-electron chi connectivity index (χ4n) is 8.06. The van der Waals surface area contributed by atoms with Crippen LogP contribution in [0.2, 0.25) is 0 Å². The first-order chi connectivity index (χ1) is 30.6. The third-order valence-electron chi connectivity index (χ3n) is 11.3. The van der Waals surface area contributed by atoms with Gasteiger partial charge >= 0.3 is 0 Å². The van der Waals surface area contributed by atoms with Crippen molar-refractivity contribution in [1.82, 2.24) is 9.97 Å². The van der Waals surface area contributed by atoms with Gasteiger partial charge in [0.05, 0.1) is 22.8 Å². The number of thioether (sulfide) groups is 1. The topological polar surface area (TPSA) is 25.8 Å². The third-order valence-corrected chi connectivity index (χ3v) is 12.3. The second-order valence-electron chi connectivity index (χ2n) is 15.5. The third kappa shape index (κ3) is 8.53. The van der Waals surface area contributed by atoms with Gasteiger partial charge in [-0.1, -0.05) is 194 Å². The van der Waals surface area contributed by atoms with Crippen LogP contribution in [0.5, 0.6) is 0 Å². The number of fused-ring (bicyclic) bond motifs is 1. The number of hydrogen-bond donors (Lipinski definition) is 0. The van der Waals surface area contributed by atoms with Crippen LogP contribution >= 0.6 is 11.8 Å². The van der Waals surface area contributed by atoms with Gasteiger partial charge in [0.15, 0.2) is 0 Å². The van der Waals surface area contributed by atoms with Gasteiger partial charge in [-0.2, -0.15) is 0 Å². The molecule has 0 N–H and O–H groups in total. The van der Waals surface area contributed by atoms with Crippen molar-refractivity contribution in [1.29, 1.82) is 0 Å². The van der Waals surface area contributed by atoms with Gasteiger partial charge in [0.2, 0.25) is 0 Å². The summed E-state index contributed by atoms with van der Waals surface area (Å²) in [6, 6.07) is 75.2. The molecule has 3 heterocycles. The van der Waals surface area contributed by atoms with Crippen molar-refractivity contribution in [3.63, 3.8) is 0 Å². The molecule has 0 bridgehead atoms. The highest BCUT2D eigenvalue weighted by molar-refractivity contribution is 8.03. The molecule has 0 saturated carbocycles. The van der Waals surface area contributed by atoms with Gasteiger partial charge in [-0.15, -0.1) is 0 Å². The highest BCUT2D eigenvalue weighted by Gasteiger charge is 2.14. The average molecular weight is 811 g/mol. The number of benzene rings is 7. The molecule has 1 aliphatic heterocycles. The van der Waals surface area contributed by atoms with Crippen molar-refractivity contribution in [3.05, 3.63) is 253 Å². The second-order valence-corrected chi connectivity index (χ2v) is 16.6. The van der Waals surface area contributed by atoms with Crippen LogP contribution in [-0.4, -0.2) is 9.97 Å². The van der Waals surface area contributed by atoms with Gasteiger partial charge in [0, 0.05) is 32.1 Å². The van der Waals surface area contributed by atoms with Gasteiger partial charge in [0.1, 0.15) is 0 Å². The lowest BCUT2D eigenvalue weighted by Gasteiger charge is -2.13. The molecule has 0 saturated heterocycles. The zero-order valence-electron chi connectivity index (χ0n) is 34.2. The normalized spacial score (nSPS) is 13.8. The van der Waals surface area contributed by atoms with Crippen molar-refractivity contribution in [2.75, 3.05) is 0 Å². The van der Waals surface area contributed by atoms with E-state index in [2.05, 4.69) is 213 Å². The monoisotopic (exact) mass is 810 g/mol. The van der Waals surface area contributed by atoms with E-state index in [-0.39, 0.29) is 0 Å². The molecule has 0 atom stereocenters. The van der Waals surface area contributed by atoms with E-state index in [4.69, 9.17) is 9.97 Å². The van der Waals surface area contributed by atoms with Crippen LogP contribution in [-0.2, 0) is 6.42 Å². The molecule has 1 aliphatic rings. The second kappa shape index (κ2) is 17.6. The number of nitrogens with zero attached hydrogens (tertiary/aromatic N) is 2. The molecule has 3 heteroatoms. The Bertz CT molecular complexity index is 3000. The quantitative estimate of drug-likeness (QED) is 0.153. The zero-order valence-corrected chi connectivity index (χ0v) is 35.0. The van der Waals surface area contributed by atoms with Crippen LogP contribution in [0.1, 0.15) is 11.1 Å². The molecule has 0 aliphatic carbocycles. The minimum atomic E-state index is 0.782. The molecule has 2 nitrogen and oxygen atoms in total. The smallest absolute Gasteiger partial charge is 0.0715 e. The molecule has 9 aromatic rings. The summed E-state index contributed by atoms with van der Waals surface area (Å²) in [5.41, 5.74) is 18.7. The maximum Gasteiger partial charge on any atom is 0.0715 e. The van der Waals surface area contributed by atoms with E-state index in [1.165, 1.54) is 21.6 Å². The van der Waals surface area contributed by atoms with Crippen LogP contribution < -0.4 is 0 Å². The van der Waals surface area contributed by atoms with E-state index in [1.54, 1.807) is 11.8 Å². The van der Waals surface area contributed by atoms with Crippen molar-refractivity contribution in [2.24, 2.45) is 0 Å². The van der Waals surface area contributed by atoms with Crippen LogP contribution in [0.15, 0.2) is 247 Å². The molecular formula is C59H42N2S. The summed E-state index contributed by atoms with van der Waals surface area (Å²) in [5, 5.41) is 0. The Morgan fingerprint density at radius 1 is 0.339 bits per heavy atom. The van der Waals surface area contributed by atoms with E-state index in [1.807, 2.05) is 24.3 Å². The summed E-state index contributed by atoms with van der Waals surface area (Å²) in [7, 11) is 0. The zero-order chi connectivity index (χ0) is 41.7. The van der Waals surface area contributed by atoms with E-state index in [9.17, 15) is 0 Å². The maximum atomic E-state index is 5.12. The van der Waals surface area contributed by atoms with E-state index in [0.717, 1.165) is 89.7 Å². The fraction of sp³-hybridized carbons (Fsp3) is 0.0169. The predicted octanol–water partition coefficient (Wildman–Crippen LogP) is 15.9. The Labute approximate surface area is 368 Å². The molecule has 10 rings (SSSR count). The summed E-state index contributed by atoms with van der Waals surface area (Å²) in [5.74, 6) is 0. The Hall–Kier alpha value is -7.59. The SMILES string of the molecule is C=C1/C=C\C(c2cccc(-c3cc(-c4ccccc4)nc(-c4ccccc4)c3)c2)=C/Cc2cc(-c3cccc(-c4cc(-c5ccccc5)nc(-c5ccccc5)c4)c3)ccc2S1. The molecule has 0 unspecified atom stereocenters. The van der Waals surface area contributed by atoms with Crippen LogP contribution in [0, 0.1) is 0 Å². The van der Waals surface area contributed by atoms with Crippen molar-refractivity contribution >= 4 is 17.3 Å². The number of pyridine rings is 2. The van der Waals surface area contributed by atoms with Crippen LogP contribution in [0.3, 0.4) is 0 Å². The number of rotatable bonds is 8. The highest BCUT2D eigenvalue weighted by Crippen LogP contribution is 2.38. The van der Waals surface area contributed by atoms with Gasteiger partial charge in [-0.05, 0) is 111 Å². The molecule has 2 aromatic heterocycles.